The lowest BCUT2D eigenvalue weighted by Crippen LogP contribution is -2.36. The molecular formula is C17H22IN3OS. The molecule has 0 saturated carbocycles. The van der Waals surface area contributed by atoms with Crippen LogP contribution in [0, 0.1) is 0 Å². The van der Waals surface area contributed by atoms with Gasteiger partial charge >= 0.3 is 0 Å². The highest BCUT2D eigenvalue weighted by Gasteiger charge is 2.04. The van der Waals surface area contributed by atoms with E-state index in [4.69, 9.17) is 4.74 Å². The molecule has 0 saturated heterocycles. The predicted octanol–water partition coefficient (Wildman–Crippen LogP) is 3.80. The van der Waals surface area contributed by atoms with Crippen LogP contribution in [0.4, 0.5) is 0 Å². The van der Waals surface area contributed by atoms with Crippen molar-refractivity contribution < 1.29 is 4.74 Å². The monoisotopic (exact) mass is 443 g/mol. The Hall–Kier alpha value is -1.54. The SMILES string of the molecule is C=CCOc1ccccc1CNC(=NC)NCc1cccs1.I. The summed E-state index contributed by atoms with van der Waals surface area (Å²) in [6.45, 7) is 5.60. The molecule has 1 heterocycles. The van der Waals surface area contributed by atoms with E-state index in [1.807, 2.05) is 30.3 Å². The zero-order valence-electron chi connectivity index (χ0n) is 13.1. The number of hydrogen-bond acceptors (Lipinski definition) is 3. The maximum atomic E-state index is 5.65. The maximum Gasteiger partial charge on any atom is 0.191 e. The molecule has 2 aromatic rings. The van der Waals surface area contributed by atoms with Gasteiger partial charge in [0.05, 0.1) is 6.54 Å². The fraction of sp³-hybridized carbons (Fsp3) is 0.235. The molecule has 23 heavy (non-hydrogen) atoms. The largest absolute Gasteiger partial charge is 0.489 e. The molecule has 0 unspecified atom stereocenters. The molecule has 0 aliphatic heterocycles. The van der Waals surface area contributed by atoms with Crippen LogP contribution < -0.4 is 15.4 Å². The summed E-state index contributed by atoms with van der Waals surface area (Å²) < 4.78 is 5.65. The number of nitrogens with one attached hydrogen (secondary N) is 2. The van der Waals surface area contributed by atoms with E-state index in [9.17, 15) is 0 Å². The minimum Gasteiger partial charge on any atom is -0.489 e. The van der Waals surface area contributed by atoms with Gasteiger partial charge in [-0.15, -0.1) is 35.3 Å². The lowest BCUT2D eigenvalue weighted by Gasteiger charge is -2.14. The van der Waals surface area contributed by atoms with Crippen LogP contribution in [-0.2, 0) is 13.1 Å². The van der Waals surface area contributed by atoms with Crippen LogP contribution >= 0.6 is 35.3 Å². The van der Waals surface area contributed by atoms with E-state index < -0.39 is 0 Å². The summed E-state index contributed by atoms with van der Waals surface area (Å²) in [6, 6.07) is 12.1. The number of thiophene rings is 1. The van der Waals surface area contributed by atoms with Gasteiger partial charge in [0.15, 0.2) is 5.96 Å². The van der Waals surface area contributed by atoms with Crippen LogP contribution in [0.5, 0.6) is 5.75 Å². The highest BCUT2D eigenvalue weighted by molar-refractivity contribution is 14.0. The minimum absolute atomic E-state index is 0. The number of benzene rings is 1. The van der Waals surface area contributed by atoms with E-state index in [2.05, 4.69) is 33.7 Å². The van der Waals surface area contributed by atoms with Crippen molar-refractivity contribution >= 4 is 41.3 Å². The molecule has 0 fully saturated rings. The smallest absolute Gasteiger partial charge is 0.191 e. The molecule has 2 N–H and O–H groups in total. The van der Waals surface area contributed by atoms with Crippen molar-refractivity contribution in [3.63, 3.8) is 0 Å². The number of guanidine groups is 1. The molecule has 124 valence electrons. The molecule has 2 rings (SSSR count). The van der Waals surface area contributed by atoms with Crippen molar-refractivity contribution in [1.82, 2.24) is 10.6 Å². The summed E-state index contributed by atoms with van der Waals surface area (Å²) in [5.74, 6) is 1.63. The summed E-state index contributed by atoms with van der Waals surface area (Å²) in [6.07, 6.45) is 1.74. The molecule has 1 aromatic heterocycles. The van der Waals surface area contributed by atoms with Crippen molar-refractivity contribution in [1.29, 1.82) is 0 Å². The van der Waals surface area contributed by atoms with Crippen LogP contribution in [0.3, 0.4) is 0 Å². The third-order valence-electron chi connectivity index (χ3n) is 3.01. The van der Waals surface area contributed by atoms with Gasteiger partial charge in [-0.25, -0.2) is 0 Å². The van der Waals surface area contributed by atoms with Gasteiger partial charge in [-0.05, 0) is 17.5 Å². The van der Waals surface area contributed by atoms with Gasteiger partial charge < -0.3 is 15.4 Å². The quantitative estimate of drug-likeness (QED) is 0.296. The molecule has 0 aliphatic carbocycles. The Morgan fingerprint density at radius 2 is 2.00 bits per heavy atom. The van der Waals surface area contributed by atoms with Gasteiger partial charge in [0, 0.05) is 24.0 Å². The summed E-state index contributed by atoms with van der Waals surface area (Å²) in [7, 11) is 1.77. The topological polar surface area (TPSA) is 45.6 Å². The number of hydrogen-bond donors (Lipinski definition) is 2. The third-order valence-corrected chi connectivity index (χ3v) is 3.89. The molecule has 6 heteroatoms. The maximum absolute atomic E-state index is 5.65. The lowest BCUT2D eigenvalue weighted by molar-refractivity contribution is 0.358. The first-order valence-corrected chi connectivity index (χ1v) is 8.00. The molecule has 0 atom stereocenters. The standard InChI is InChI=1S/C17H21N3OS.HI/c1-3-10-21-16-9-5-4-7-14(16)12-19-17(18-2)20-13-15-8-6-11-22-15;/h3-9,11H,1,10,12-13H2,2H3,(H2,18,19,20);1H. The summed E-state index contributed by atoms with van der Waals surface area (Å²) in [5, 5.41) is 8.67. The molecule has 4 nitrogen and oxygen atoms in total. The first kappa shape index (κ1) is 19.5. The van der Waals surface area contributed by atoms with Crippen molar-refractivity contribution in [3.05, 3.63) is 64.9 Å². The summed E-state index contributed by atoms with van der Waals surface area (Å²) in [5.41, 5.74) is 1.09. The zero-order chi connectivity index (χ0) is 15.6. The zero-order valence-corrected chi connectivity index (χ0v) is 16.3. The second kappa shape index (κ2) is 11.1. The molecule has 0 spiro atoms. The van der Waals surface area contributed by atoms with E-state index in [0.717, 1.165) is 23.8 Å². The molecule has 0 aliphatic rings. The van der Waals surface area contributed by atoms with Crippen LogP contribution in [0.1, 0.15) is 10.4 Å². The lowest BCUT2D eigenvalue weighted by atomic mass is 10.2. The van der Waals surface area contributed by atoms with E-state index in [0.29, 0.717) is 13.2 Å². The Balaban J connectivity index is 0.00000264. The highest BCUT2D eigenvalue weighted by Crippen LogP contribution is 2.17. The van der Waals surface area contributed by atoms with Crippen molar-refractivity contribution in [3.8, 4) is 5.75 Å². The van der Waals surface area contributed by atoms with E-state index in [1.165, 1.54) is 4.88 Å². The first-order valence-electron chi connectivity index (χ1n) is 7.12. The van der Waals surface area contributed by atoms with Gasteiger partial charge in [-0.1, -0.05) is 36.9 Å². The average Bonchev–Trinajstić information content (AvgIpc) is 3.07. The number of halogens is 1. The molecule has 0 radical (unpaired) electrons. The fourth-order valence-corrected chi connectivity index (χ4v) is 2.57. The van der Waals surface area contributed by atoms with Gasteiger partial charge in [-0.2, -0.15) is 0 Å². The molecular weight excluding hydrogens is 421 g/mol. The molecule has 0 amide bonds. The normalized spacial score (nSPS) is 10.6. The number of aliphatic imine (C=N–C) groups is 1. The number of para-hydroxylation sites is 1. The highest BCUT2D eigenvalue weighted by atomic mass is 127. The van der Waals surface area contributed by atoms with Gasteiger partial charge in [0.1, 0.15) is 12.4 Å². The summed E-state index contributed by atoms with van der Waals surface area (Å²) in [4.78, 5) is 5.51. The van der Waals surface area contributed by atoms with Crippen LogP contribution in [0.15, 0.2) is 59.4 Å². The Morgan fingerprint density at radius 3 is 2.70 bits per heavy atom. The Bertz CT molecular complexity index is 614. The second-order valence-corrected chi connectivity index (χ2v) is 5.60. The third kappa shape index (κ3) is 6.62. The number of rotatable bonds is 7. The van der Waals surface area contributed by atoms with Crippen LogP contribution in [-0.4, -0.2) is 19.6 Å². The minimum atomic E-state index is 0. The first-order chi connectivity index (χ1) is 10.8. The van der Waals surface area contributed by atoms with Crippen LogP contribution in [0.25, 0.3) is 0 Å². The Morgan fingerprint density at radius 1 is 1.22 bits per heavy atom. The number of ether oxygens (including phenoxy) is 1. The average molecular weight is 443 g/mol. The second-order valence-electron chi connectivity index (χ2n) is 4.57. The van der Waals surface area contributed by atoms with Gasteiger partial charge in [0.25, 0.3) is 0 Å². The Kier molecular flexibility index (Phi) is 9.39. The van der Waals surface area contributed by atoms with Gasteiger partial charge in [-0.3, -0.25) is 4.99 Å². The number of nitrogens with zero attached hydrogens (tertiary/aromatic N) is 1. The van der Waals surface area contributed by atoms with E-state index in [-0.39, 0.29) is 24.0 Å². The van der Waals surface area contributed by atoms with E-state index >= 15 is 0 Å². The van der Waals surface area contributed by atoms with Crippen molar-refractivity contribution in [2.24, 2.45) is 4.99 Å². The van der Waals surface area contributed by atoms with Crippen molar-refractivity contribution in [2.75, 3.05) is 13.7 Å². The van der Waals surface area contributed by atoms with Crippen molar-refractivity contribution in [2.45, 2.75) is 13.1 Å². The predicted molar refractivity (Wildman–Crippen MR) is 109 cm³/mol. The summed E-state index contributed by atoms with van der Waals surface area (Å²) >= 11 is 1.73. The molecule has 0 bridgehead atoms. The molecule has 1 aromatic carbocycles. The van der Waals surface area contributed by atoms with Crippen LogP contribution in [0.2, 0.25) is 0 Å². The van der Waals surface area contributed by atoms with Gasteiger partial charge in [0.2, 0.25) is 0 Å². The fourth-order valence-electron chi connectivity index (χ4n) is 1.92. The van der Waals surface area contributed by atoms with E-state index in [1.54, 1.807) is 24.5 Å². The Labute approximate surface area is 158 Å².